The van der Waals surface area contributed by atoms with E-state index >= 15 is 0 Å². The number of likely N-dealkylation sites (tertiary alicyclic amines) is 1. The van der Waals surface area contributed by atoms with E-state index in [1.54, 1.807) is 11.1 Å². The molecule has 0 aromatic heterocycles. The first-order chi connectivity index (χ1) is 20.2. The van der Waals surface area contributed by atoms with E-state index in [2.05, 4.69) is 59.4 Å². The van der Waals surface area contributed by atoms with Gasteiger partial charge in [-0.15, -0.1) is 0 Å². The Labute approximate surface area is 254 Å². The zero-order valence-electron chi connectivity index (χ0n) is 27.1. The summed E-state index contributed by atoms with van der Waals surface area (Å²) >= 11 is 0. The number of benzene rings is 1. The molecule has 1 heterocycles. The molecule has 4 rings (SSSR count). The summed E-state index contributed by atoms with van der Waals surface area (Å²) in [6.07, 6.45) is 11.3. The van der Waals surface area contributed by atoms with Gasteiger partial charge in [-0.1, -0.05) is 71.2 Å². The van der Waals surface area contributed by atoms with Crippen molar-refractivity contribution < 1.29 is 19.2 Å². The van der Waals surface area contributed by atoms with Gasteiger partial charge < -0.3 is 26.2 Å². The lowest BCUT2D eigenvalue weighted by atomic mass is 9.83. The van der Waals surface area contributed by atoms with E-state index in [0.717, 1.165) is 32.1 Å². The predicted molar refractivity (Wildman–Crippen MR) is 170 cm³/mol. The van der Waals surface area contributed by atoms with Crippen LogP contribution in [0.15, 0.2) is 24.3 Å². The molecule has 9 nitrogen and oxygen atoms in total. The Hall–Kier alpha value is -2.94. The number of aryl methyl sites for hydroxylation is 2. The van der Waals surface area contributed by atoms with Crippen molar-refractivity contribution in [1.29, 1.82) is 0 Å². The Balaban J connectivity index is 0.000000421. The standard InChI is InChI=1S/C17H28N4O4.C10H12.C4H11N.C2H6/c1-11(23)20-13-8-14(16(24)18-2)21(9-13)17(25)15(19-10-22)12-6-4-3-5-7-12;1-2-6-10-8-4-3-7-9(10)5-1;1-4(2)5-3;1-2/h10,12-15H,3-9H2,1-2H3,(H,18,24)(H,19,22)(H,20,23);1-2,5-6H,3-4,7-8H2;4-5H,1-3H3;1-2H3. The SMILES string of the molecule is CC.CNC(=O)C1CC(NC(C)=O)CN1C(=O)C(NC=O)C1CCCCC1.CNC(C)C.c1ccc2c(c1)CCCC2. The van der Waals surface area contributed by atoms with Crippen LogP contribution in [0.25, 0.3) is 0 Å². The van der Waals surface area contributed by atoms with Crippen molar-refractivity contribution in [2.75, 3.05) is 20.6 Å². The Morgan fingerprint density at radius 2 is 1.48 bits per heavy atom. The Morgan fingerprint density at radius 1 is 0.929 bits per heavy atom. The van der Waals surface area contributed by atoms with E-state index in [1.165, 1.54) is 44.6 Å². The van der Waals surface area contributed by atoms with Gasteiger partial charge in [0, 0.05) is 32.6 Å². The number of amides is 4. The summed E-state index contributed by atoms with van der Waals surface area (Å²) in [4.78, 5) is 49.2. The summed E-state index contributed by atoms with van der Waals surface area (Å²) in [5.74, 6) is -0.587. The first kappa shape index (κ1) is 37.1. The smallest absolute Gasteiger partial charge is 0.246 e. The number of hydrogen-bond donors (Lipinski definition) is 4. The van der Waals surface area contributed by atoms with Crippen LogP contribution in [-0.2, 0) is 32.0 Å². The molecule has 9 heteroatoms. The van der Waals surface area contributed by atoms with Crippen LogP contribution in [0.5, 0.6) is 0 Å². The molecule has 3 atom stereocenters. The van der Waals surface area contributed by atoms with Crippen molar-refractivity contribution in [3.63, 3.8) is 0 Å². The number of carbonyl (C=O) groups is 4. The van der Waals surface area contributed by atoms with Crippen molar-refractivity contribution in [1.82, 2.24) is 26.2 Å². The molecule has 3 unspecified atom stereocenters. The molecule has 1 aliphatic heterocycles. The van der Waals surface area contributed by atoms with Gasteiger partial charge >= 0.3 is 0 Å². The highest BCUT2D eigenvalue weighted by Crippen LogP contribution is 2.29. The van der Waals surface area contributed by atoms with E-state index in [9.17, 15) is 19.2 Å². The molecule has 42 heavy (non-hydrogen) atoms. The summed E-state index contributed by atoms with van der Waals surface area (Å²) in [6, 6.07) is 7.94. The molecule has 1 aromatic rings. The lowest BCUT2D eigenvalue weighted by molar-refractivity contribution is -0.142. The first-order valence-corrected chi connectivity index (χ1v) is 15.9. The minimum atomic E-state index is -0.631. The van der Waals surface area contributed by atoms with Gasteiger partial charge in [-0.3, -0.25) is 19.2 Å². The number of carbonyl (C=O) groups excluding carboxylic acids is 4. The van der Waals surface area contributed by atoms with Crippen molar-refractivity contribution >= 4 is 24.1 Å². The van der Waals surface area contributed by atoms with Crippen LogP contribution >= 0.6 is 0 Å². The topological polar surface area (TPSA) is 120 Å². The minimum Gasteiger partial charge on any atom is -0.357 e. The summed E-state index contributed by atoms with van der Waals surface area (Å²) < 4.78 is 0. The van der Waals surface area contributed by atoms with Crippen molar-refractivity contribution in [3.8, 4) is 0 Å². The Kier molecular flexibility index (Phi) is 18.4. The highest BCUT2D eigenvalue weighted by Gasteiger charge is 2.43. The maximum atomic E-state index is 13.1. The Bertz CT molecular complexity index is 923. The third-order valence-electron chi connectivity index (χ3n) is 8.01. The zero-order chi connectivity index (χ0) is 31.5. The van der Waals surface area contributed by atoms with Gasteiger partial charge in [-0.2, -0.15) is 0 Å². The van der Waals surface area contributed by atoms with Crippen LogP contribution < -0.4 is 21.3 Å². The summed E-state index contributed by atoms with van der Waals surface area (Å²) in [5, 5.41) is 11.1. The van der Waals surface area contributed by atoms with Crippen molar-refractivity contribution in [2.45, 2.75) is 123 Å². The molecule has 4 amide bonds. The van der Waals surface area contributed by atoms with Gasteiger partial charge in [0.05, 0.1) is 0 Å². The molecule has 238 valence electrons. The van der Waals surface area contributed by atoms with Crippen LogP contribution in [0.1, 0.15) is 97.1 Å². The van der Waals surface area contributed by atoms with Gasteiger partial charge in [0.15, 0.2) is 0 Å². The third-order valence-corrected chi connectivity index (χ3v) is 8.01. The zero-order valence-corrected chi connectivity index (χ0v) is 27.1. The predicted octanol–water partition coefficient (Wildman–Crippen LogP) is 3.74. The molecule has 1 saturated carbocycles. The van der Waals surface area contributed by atoms with Crippen molar-refractivity contribution in [2.24, 2.45) is 5.92 Å². The second-order valence-corrected chi connectivity index (χ2v) is 11.3. The fourth-order valence-corrected chi connectivity index (χ4v) is 5.69. The van der Waals surface area contributed by atoms with E-state index in [0.29, 0.717) is 18.9 Å². The van der Waals surface area contributed by atoms with Gasteiger partial charge in [-0.05, 0) is 69.0 Å². The maximum Gasteiger partial charge on any atom is 0.246 e. The molecule has 2 fully saturated rings. The highest BCUT2D eigenvalue weighted by atomic mass is 16.2. The minimum absolute atomic E-state index is 0.0941. The average Bonchev–Trinajstić information content (AvgIpc) is 3.44. The van der Waals surface area contributed by atoms with Gasteiger partial charge in [0.2, 0.25) is 24.1 Å². The van der Waals surface area contributed by atoms with Gasteiger partial charge in [0.1, 0.15) is 12.1 Å². The summed E-state index contributed by atoms with van der Waals surface area (Å²) in [5.41, 5.74) is 3.16. The number of nitrogens with zero attached hydrogens (tertiary/aromatic N) is 1. The molecular weight excluding hydrogens is 530 g/mol. The largest absolute Gasteiger partial charge is 0.357 e. The fourth-order valence-electron chi connectivity index (χ4n) is 5.69. The number of hydrogen-bond acceptors (Lipinski definition) is 5. The van der Waals surface area contributed by atoms with E-state index in [1.807, 2.05) is 20.9 Å². The van der Waals surface area contributed by atoms with E-state index in [-0.39, 0.29) is 36.2 Å². The number of likely N-dealkylation sites (N-methyl/N-ethyl adjacent to an activating group) is 1. The quantitative estimate of drug-likeness (QED) is 0.363. The van der Waals surface area contributed by atoms with Gasteiger partial charge in [0.25, 0.3) is 0 Å². The Morgan fingerprint density at radius 3 is 1.93 bits per heavy atom. The number of fused-ring (bicyclic) bond motifs is 1. The molecule has 0 radical (unpaired) electrons. The van der Waals surface area contributed by atoms with E-state index in [4.69, 9.17) is 0 Å². The molecule has 1 saturated heterocycles. The summed E-state index contributed by atoms with van der Waals surface area (Å²) in [7, 11) is 3.48. The molecule has 1 aromatic carbocycles. The number of nitrogens with one attached hydrogen (secondary N) is 4. The molecule has 2 aliphatic carbocycles. The van der Waals surface area contributed by atoms with Crippen LogP contribution in [0.3, 0.4) is 0 Å². The van der Waals surface area contributed by atoms with Crippen LogP contribution in [0.4, 0.5) is 0 Å². The lowest BCUT2D eigenvalue weighted by Crippen LogP contribution is -2.54. The van der Waals surface area contributed by atoms with Crippen LogP contribution in [-0.4, -0.2) is 73.8 Å². The van der Waals surface area contributed by atoms with Crippen LogP contribution in [0.2, 0.25) is 0 Å². The molecular formula is C33H57N5O4. The molecule has 4 N–H and O–H groups in total. The second kappa shape index (κ2) is 20.9. The number of rotatable bonds is 7. The van der Waals surface area contributed by atoms with E-state index < -0.39 is 12.1 Å². The monoisotopic (exact) mass is 587 g/mol. The van der Waals surface area contributed by atoms with Crippen molar-refractivity contribution in [3.05, 3.63) is 35.4 Å². The fraction of sp³-hybridized carbons (Fsp3) is 0.697. The van der Waals surface area contributed by atoms with Gasteiger partial charge in [-0.25, -0.2) is 0 Å². The molecule has 3 aliphatic rings. The maximum absolute atomic E-state index is 13.1. The third kappa shape index (κ3) is 12.5. The molecule has 0 bridgehead atoms. The van der Waals surface area contributed by atoms with Crippen LogP contribution in [0, 0.1) is 5.92 Å². The second-order valence-electron chi connectivity index (χ2n) is 11.3. The lowest BCUT2D eigenvalue weighted by Gasteiger charge is -2.33. The summed E-state index contributed by atoms with van der Waals surface area (Å²) in [6.45, 7) is 9.92. The average molecular weight is 588 g/mol. The highest BCUT2D eigenvalue weighted by molar-refractivity contribution is 5.91. The normalized spacial score (nSPS) is 20.1. The first-order valence-electron chi connectivity index (χ1n) is 15.9. The molecule has 0 spiro atoms.